The van der Waals surface area contributed by atoms with E-state index in [1.165, 1.54) is 10.4 Å². The van der Waals surface area contributed by atoms with Gasteiger partial charge >= 0.3 is 0 Å². The van der Waals surface area contributed by atoms with Gasteiger partial charge < -0.3 is 4.74 Å². The van der Waals surface area contributed by atoms with Crippen molar-refractivity contribution >= 4 is 34.9 Å². The first-order valence-electron chi connectivity index (χ1n) is 4.02. The smallest absolute Gasteiger partial charge is 0.144 e. The topological polar surface area (TPSA) is 9.23 Å². The lowest BCUT2D eigenvalue weighted by Crippen LogP contribution is -1.80. The number of rotatable bonds is 2. The molecule has 1 aromatic carbocycles. The molecule has 2 rings (SSSR count). The van der Waals surface area contributed by atoms with E-state index in [-0.39, 0.29) is 0 Å². The van der Waals surface area contributed by atoms with Crippen molar-refractivity contribution in [2.45, 2.75) is 0 Å². The zero-order chi connectivity index (χ0) is 9.97. The highest BCUT2D eigenvalue weighted by atomic mass is 32.2. The minimum absolute atomic E-state index is 0.882. The van der Waals surface area contributed by atoms with Gasteiger partial charge in [0.2, 0.25) is 0 Å². The molecule has 1 aromatic heterocycles. The van der Waals surface area contributed by atoms with Crippen molar-refractivity contribution in [3.8, 4) is 16.2 Å². The van der Waals surface area contributed by atoms with Crippen molar-refractivity contribution in [1.82, 2.24) is 0 Å². The van der Waals surface area contributed by atoms with E-state index in [2.05, 4.69) is 5.38 Å². The van der Waals surface area contributed by atoms with Crippen LogP contribution in [0.4, 0.5) is 0 Å². The fraction of sp³-hybridized carbons (Fsp3) is 0.100. The molecular formula is C10H8OS3. The van der Waals surface area contributed by atoms with Crippen LogP contribution in [-0.4, -0.2) is 7.11 Å². The average Bonchev–Trinajstić information content (AvgIpc) is 2.65. The zero-order valence-corrected chi connectivity index (χ0v) is 9.97. The molecule has 0 bridgehead atoms. The van der Waals surface area contributed by atoms with E-state index in [4.69, 9.17) is 17.0 Å². The molecular weight excluding hydrogens is 232 g/mol. The molecule has 0 spiro atoms. The summed E-state index contributed by atoms with van der Waals surface area (Å²) in [5, 5.41) is 2.09. The average molecular weight is 240 g/mol. The SMILES string of the molecule is COc1ccc(-c2csc(=S)s2)cc1. The van der Waals surface area contributed by atoms with Crippen LogP contribution in [-0.2, 0) is 0 Å². The molecule has 0 amide bonds. The van der Waals surface area contributed by atoms with Gasteiger partial charge in [-0.15, -0.1) is 22.7 Å². The number of hydrogen-bond acceptors (Lipinski definition) is 4. The normalized spacial score (nSPS) is 10.1. The molecule has 4 heteroatoms. The highest BCUT2D eigenvalue weighted by Crippen LogP contribution is 2.29. The summed E-state index contributed by atoms with van der Waals surface area (Å²) in [5.74, 6) is 0.882. The predicted octanol–water partition coefficient (Wildman–Crippen LogP) is 4.21. The van der Waals surface area contributed by atoms with Gasteiger partial charge in [0.05, 0.1) is 7.11 Å². The van der Waals surface area contributed by atoms with Gasteiger partial charge in [0.15, 0.2) is 0 Å². The van der Waals surface area contributed by atoms with Crippen LogP contribution in [0, 0.1) is 3.14 Å². The van der Waals surface area contributed by atoms with E-state index in [0.29, 0.717) is 0 Å². The molecule has 14 heavy (non-hydrogen) atoms. The second kappa shape index (κ2) is 4.21. The molecule has 0 aliphatic carbocycles. The van der Waals surface area contributed by atoms with Crippen molar-refractivity contribution in [2.24, 2.45) is 0 Å². The first kappa shape index (κ1) is 9.83. The molecule has 0 aliphatic heterocycles. The summed E-state index contributed by atoms with van der Waals surface area (Å²) >= 11 is 8.35. The number of methoxy groups -OCH3 is 1. The third kappa shape index (κ3) is 2.03. The molecule has 0 radical (unpaired) electrons. The lowest BCUT2D eigenvalue weighted by atomic mass is 10.2. The molecule has 0 N–H and O–H groups in total. The summed E-state index contributed by atoms with van der Waals surface area (Å²) in [6.45, 7) is 0. The van der Waals surface area contributed by atoms with Gasteiger partial charge in [-0.3, -0.25) is 0 Å². The second-order valence-corrected chi connectivity index (χ2v) is 5.80. The van der Waals surface area contributed by atoms with Gasteiger partial charge in [0.25, 0.3) is 0 Å². The maximum Gasteiger partial charge on any atom is 0.144 e. The highest BCUT2D eigenvalue weighted by Gasteiger charge is 1.99. The lowest BCUT2D eigenvalue weighted by Gasteiger charge is -2.00. The molecule has 72 valence electrons. The van der Waals surface area contributed by atoms with Gasteiger partial charge in [-0.1, -0.05) is 12.2 Å². The molecule has 0 unspecified atom stereocenters. The first-order valence-corrected chi connectivity index (χ1v) is 6.13. The van der Waals surface area contributed by atoms with Gasteiger partial charge in [-0.2, -0.15) is 0 Å². The lowest BCUT2D eigenvalue weighted by molar-refractivity contribution is 0.415. The fourth-order valence-electron chi connectivity index (χ4n) is 1.12. The Morgan fingerprint density at radius 3 is 2.43 bits per heavy atom. The van der Waals surface area contributed by atoms with E-state index < -0.39 is 0 Å². The molecule has 0 fully saturated rings. The van der Waals surface area contributed by atoms with Crippen LogP contribution in [0.5, 0.6) is 5.75 Å². The summed E-state index contributed by atoms with van der Waals surface area (Å²) < 4.78 is 6.06. The van der Waals surface area contributed by atoms with E-state index in [1.807, 2.05) is 24.3 Å². The zero-order valence-electron chi connectivity index (χ0n) is 7.52. The van der Waals surface area contributed by atoms with E-state index in [0.717, 1.165) is 8.89 Å². The van der Waals surface area contributed by atoms with E-state index >= 15 is 0 Å². The fourth-order valence-corrected chi connectivity index (χ4v) is 3.25. The van der Waals surface area contributed by atoms with E-state index in [9.17, 15) is 0 Å². The van der Waals surface area contributed by atoms with Crippen LogP contribution >= 0.6 is 34.9 Å². The third-order valence-electron chi connectivity index (χ3n) is 1.83. The number of hydrogen-bond donors (Lipinski definition) is 0. The third-order valence-corrected chi connectivity index (χ3v) is 4.34. The Kier molecular flexibility index (Phi) is 2.96. The number of ether oxygens (including phenoxy) is 1. The molecule has 0 saturated carbocycles. The monoisotopic (exact) mass is 240 g/mol. The molecule has 0 saturated heterocycles. The Bertz CT molecular complexity index is 467. The van der Waals surface area contributed by atoms with Gasteiger partial charge in [-0.25, -0.2) is 0 Å². The standard InChI is InChI=1S/C10H8OS3/c1-11-8-4-2-7(3-5-8)9-6-13-10(12)14-9/h2-6H,1H3. The summed E-state index contributed by atoms with van der Waals surface area (Å²) in [5.41, 5.74) is 1.20. The van der Waals surface area contributed by atoms with Crippen LogP contribution in [0.1, 0.15) is 0 Å². The van der Waals surface area contributed by atoms with Gasteiger partial charge in [0.1, 0.15) is 8.89 Å². The number of benzene rings is 1. The maximum absolute atomic E-state index is 5.10. The van der Waals surface area contributed by atoms with Crippen LogP contribution < -0.4 is 4.74 Å². The Balaban J connectivity index is 2.38. The van der Waals surface area contributed by atoms with Crippen molar-refractivity contribution in [3.63, 3.8) is 0 Å². The van der Waals surface area contributed by atoms with Crippen molar-refractivity contribution < 1.29 is 4.74 Å². The Morgan fingerprint density at radius 1 is 1.21 bits per heavy atom. The summed E-state index contributed by atoms with van der Waals surface area (Å²) in [6, 6.07) is 8.02. The highest BCUT2D eigenvalue weighted by molar-refractivity contribution is 7.76. The van der Waals surface area contributed by atoms with Crippen molar-refractivity contribution in [3.05, 3.63) is 32.8 Å². The Labute approximate surface area is 95.6 Å². The molecule has 0 aliphatic rings. The van der Waals surface area contributed by atoms with Crippen molar-refractivity contribution in [2.75, 3.05) is 7.11 Å². The molecule has 1 nitrogen and oxygen atoms in total. The van der Waals surface area contributed by atoms with Crippen LogP contribution in [0.2, 0.25) is 0 Å². The minimum Gasteiger partial charge on any atom is -0.497 e. The maximum atomic E-state index is 5.10. The quantitative estimate of drug-likeness (QED) is 0.727. The van der Waals surface area contributed by atoms with Crippen LogP contribution in [0.25, 0.3) is 10.4 Å². The first-order chi connectivity index (χ1) is 6.79. The summed E-state index contributed by atoms with van der Waals surface area (Å²) in [6.07, 6.45) is 0. The second-order valence-electron chi connectivity index (χ2n) is 2.68. The van der Waals surface area contributed by atoms with Gasteiger partial charge in [0, 0.05) is 10.3 Å². The summed E-state index contributed by atoms with van der Waals surface area (Å²) in [4.78, 5) is 1.22. The molecule has 1 heterocycles. The molecule has 2 aromatic rings. The van der Waals surface area contributed by atoms with Crippen LogP contribution in [0.15, 0.2) is 29.6 Å². The predicted molar refractivity (Wildman–Crippen MR) is 65.0 cm³/mol. The minimum atomic E-state index is 0.882. The molecule has 0 atom stereocenters. The van der Waals surface area contributed by atoms with Crippen molar-refractivity contribution in [1.29, 1.82) is 0 Å². The largest absolute Gasteiger partial charge is 0.497 e. The Morgan fingerprint density at radius 2 is 1.93 bits per heavy atom. The Hall–Kier alpha value is -0.710. The van der Waals surface area contributed by atoms with Crippen LogP contribution in [0.3, 0.4) is 0 Å². The van der Waals surface area contributed by atoms with Gasteiger partial charge in [-0.05, 0) is 29.8 Å². The summed E-state index contributed by atoms with van der Waals surface area (Å²) in [7, 11) is 1.67. The van der Waals surface area contributed by atoms with E-state index in [1.54, 1.807) is 29.8 Å².